The molecule has 0 aliphatic heterocycles. The van der Waals surface area contributed by atoms with Crippen LogP contribution < -0.4 is 0 Å². The highest BCUT2D eigenvalue weighted by molar-refractivity contribution is 5.96. The highest BCUT2D eigenvalue weighted by atomic mass is 16.3. The smallest absolute Gasteiger partial charge is 0.255 e. The third-order valence-corrected chi connectivity index (χ3v) is 5.65. The third kappa shape index (κ3) is 4.07. The van der Waals surface area contributed by atoms with Crippen molar-refractivity contribution in [1.82, 2.24) is 19.4 Å². The number of benzene rings is 1. The van der Waals surface area contributed by atoms with Gasteiger partial charge in [0.05, 0.1) is 25.0 Å². The Bertz CT molecular complexity index is 924. The molecule has 148 valence electrons. The molecule has 28 heavy (non-hydrogen) atoms. The van der Waals surface area contributed by atoms with E-state index in [1.165, 1.54) is 5.56 Å². The van der Waals surface area contributed by atoms with Gasteiger partial charge in [0.15, 0.2) is 5.65 Å². The Hall–Kier alpha value is -2.73. The Morgan fingerprint density at radius 1 is 1.18 bits per heavy atom. The van der Waals surface area contributed by atoms with Crippen molar-refractivity contribution in [2.75, 3.05) is 20.2 Å². The fraction of sp³-hybridized carbons (Fsp3) is 0.409. The predicted octanol–water partition coefficient (Wildman–Crippen LogP) is 3.35. The number of carbonyl (C=O) groups excluding carboxylic acids is 1. The van der Waals surface area contributed by atoms with Crippen LogP contribution in [-0.4, -0.2) is 50.6 Å². The first kappa shape index (κ1) is 20.0. The summed E-state index contributed by atoms with van der Waals surface area (Å²) in [7, 11) is 1.77. The zero-order valence-electron chi connectivity index (χ0n) is 16.8. The van der Waals surface area contributed by atoms with Gasteiger partial charge in [0.2, 0.25) is 0 Å². The highest BCUT2D eigenvalue weighted by Gasteiger charge is 2.29. The molecule has 0 saturated heterocycles. The molecule has 0 fully saturated rings. The van der Waals surface area contributed by atoms with E-state index in [0.29, 0.717) is 24.2 Å². The Morgan fingerprint density at radius 2 is 1.89 bits per heavy atom. The Balaban J connectivity index is 1.79. The molecule has 0 bridgehead atoms. The van der Waals surface area contributed by atoms with Gasteiger partial charge in [-0.15, -0.1) is 0 Å². The van der Waals surface area contributed by atoms with Gasteiger partial charge in [0.1, 0.15) is 5.52 Å². The number of aliphatic hydroxyl groups excluding tert-OH is 1. The largest absolute Gasteiger partial charge is 0.396 e. The number of aromatic nitrogens is 3. The van der Waals surface area contributed by atoms with Crippen LogP contribution in [0, 0.1) is 5.41 Å². The van der Waals surface area contributed by atoms with Crippen molar-refractivity contribution in [3.63, 3.8) is 0 Å². The van der Waals surface area contributed by atoms with Gasteiger partial charge in [-0.05, 0) is 24.5 Å². The molecule has 1 N–H and O–H groups in total. The summed E-state index contributed by atoms with van der Waals surface area (Å²) < 4.78 is 1.98. The first-order chi connectivity index (χ1) is 13.5. The minimum Gasteiger partial charge on any atom is -0.396 e. The van der Waals surface area contributed by atoms with E-state index in [4.69, 9.17) is 0 Å². The maximum absolute atomic E-state index is 12.9. The van der Waals surface area contributed by atoms with Crippen molar-refractivity contribution in [3.05, 3.63) is 60.0 Å². The van der Waals surface area contributed by atoms with Crippen molar-refractivity contribution in [2.24, 2.45) is 5.41 Å². The molecular formula is C22H28N4O2. The monoisotopic (exact) mass is 380 g/mol. The normalized spacial score (nSPS) is 11.7. The van der Waals surface area contributed by atoms with Crippen molar-refractivity contribution in [1.29, 1.82) is 0 Å². The van der Waals surface area contributed by atoms with Crippen LogP contribution in [0.5, 0.6) is 0 Å². The zero-order chi connectivity index (χ0) is 20.1. The maximum Gasteiger partial charge on any atom is 0.255 e. The van der Waals surface area contributed by atoms with Gasteiger partial charge in [-0.25, -0.2) is 9.97 Å². The number of nitrogens with zero attached hydrogens (tertiary/aromatic N) is 4. The van der Waals surface area contributed by atoms with Crippen molar-refractivity contribution in [3.8, 4) is 0 Å². The van der Waals surface area contributed by atoms with Gasteiger partial charge in [0, 0.05) is 25.2 Å². The fourth-order valence-electron chi connectivity index (χ4n) is 3.50. The SMILES string of the molecule is CCC(CC)(CO)CN(C)C(=O)c1cnc2c(c1)ncn2Cc1ccccc1. The Kier molecular flexibility index (Phi) is 6.09. The minimum absolute atomic E-state index is 0.0683. The van der Waals surface area contributed by atoms with E-state index in [0.717, 1.165) is 18.5 Å². The standard InChI is InChI=1S/C22H28N4O2/c1-4-22(5-2,15-27)14-25(3)21(28)18-11-19-20(23-12-18)26(16-24-19)13-17-9-7-6-8-10-17/h6-12,16,27H,4-5,13-15H2,1-3H3. The quantitative estimate of drug-likeness (QED) is 0.650. The molecule has 0 unspecified atom stereocenters. The maximum atomic E-state index is 12.9. The molecule has 2 heterocycles. The number of pyridine rings is 1. The first-order valence-electron chi connectivity index (χ1n) is 9.73. The molecule has 1 amide bonds. The van der Waals surface area contributed by atoms with Crippen LogP contribution in [0.3, 0.4) is 0 Å². The summed E-state index contributed by atoms with van der Waals surface area (Å²) in [6.45, 7) is 5.36. The topological polar surface area (TPSA) is 71.2 Å². The van der Waals surface area contributed by atoms with E-state index in [-0.39, 0.29) is 17.9 Å². The van der Waals surface area contributed by atoms with Gasteiger partial charge in [0.25, 0.3) is 5.91 Å². The van der Waals surface area contributed by atoms with Gasteiger partial charge < -0.3 is 14.6 Å². The van der Waals surface area contributed by atoms with Crippen molar-refractivity contribution >= 4 is 17.1 Å². The van der Waals surface area contributed by atoms with Gasteiger partial charge in [-0.3, -0.25) is 4.79 Å². The van der Waals surface area contributed by atoms with E-state index >= 15 is 0 Å². The summed E-state index contributed by atoms with van der Waals surface area (Å²) in [6.07, 6.45) is 5.01. The molecule has 0 aliphatic rings. The van der Waals surface area contributed by atoms with Crippen molar-refractivity contribution in [2.45, 2.75) is 33.2 Å². The molecule has 2 aromatic heterocycles. The number of carbonyl (C=O) groups is 1. The molecule has 0 atom stereocenters. The van der Waals surface area contributed by atoms with Gasteiger partial charge in [-0.1, -0.05) is 44.2 Å². The van der Waals surface area contributed by atoms with E-state index in [9.17, 15) is 9.90 Å². The summed E-state index contributed by atoms with van der Waals surface area (Å²) in [6, 6.07) is 11.9. The number of imidazole rings is 1. The Morgan fingerprint density at radius 3 is 2.54 bits per heavy atom. The molecule has 6 nitrogen and oxygen atoms in total. The second-order valence-corrected chi connectivity index (χ2v) is 7.45. The number of fused-ring (bicyclic) bond motifs is 1. The van der Waals surface area contributed by atoms with Gasteiger partial charge >= 0.3 is 0 Å². The summed E-state index contributed by atoms with van der Waals surface area (Å²) in [5.74, 6) is -0.105. The molecule has 0 saturated carbocycles. The molecule has 6 heteroatoms. The number of hydrogen-bond acceptors (Lipinski definition) is 4. The van der Waals surface area contributed by atoms with E-state index in [1.54, 1.807) is 30.5 Å². The van der Waals surface area contributed by atoms with Crippen LogP contribution >= 0.6 is 0 Å². The average Bonchev–Trinajstić information content (AvgIpc) is 3.14. The van der Waals surface area contributed by atoms with Crippen LogP contribution in [0.2, 0.25) is 0 Å². The molecular weight excluding hydrogens is 352 g/mol. The molecule has 1 aromatic carbocycles. The van der Waals surface area contributed by atoms with Crippen molar-refractivity contribution < 1.29 is 9.90 Å². The van der Waals surface area contributed by atoms with E-state index < -0.39 is 0 Å². The van der Waals surface area contributed by atoms with Gasteiger partial charge in [-0.2, -0.15) is 0 Å². The predicted molar refractivity (Wildman–Crippen MR) is 110 cm³/mol. The molecule has 0 spiro atoms. The summed E-state index contributed by atoms with van der Waals surface area (Å²) >= 11 is 0. The lowest BCUT2D eigenvalue weighted by atomic mass is 9.82. The van der Waals surface area contributed by atoms with Crippen LogP contribution in [0.4, 0.5) is 0 Å². The second kappa shape index (κ2) is 8.52. The summed E-state index contributed by atoms with van der Waals surface area (Å²) in [4.78, 5) is 23.5. The average molecular weight is 380 g/mol. The molecule has 3 aromatic rings. The number of amides is 1. The number of hydrogen-bond donors (Lipinski definition) is 1. The first-order valence-corrected chi connectivity index (χ1v) is 9.73. The van der Waals surface area contributed by atoms with Crippen LogP contribution in [-0.2, 0) is 6.54 Å². The highest BCUT2D eigenvalue weighted by Crippen LogP contribution is 2.27. The van der Waals surface area contributed by atoms with E-state index in [1.807, 2.05) is 36.6 Å². The molecule has 0 radical (unpaired) electrons. The lowest BCUT2D eigenvalue weighted by molar-refractivity contribution is 0.0545. The zero-order valence-corrected chi connectivity index (χ0v) is 16.8. The van der Waals surface area contributed by atoms with Crippen LogP contribution in [0.25, 0.3) is 11.2 Å². The summed E-state index contributed by atoms with van der Waals surface area (Å²) in [5.41, 5.74) is 2.88. The minimum atomic E-state index is -0.265. The molecule has 3 rings (SSSR count). The fourth-order valence-corrected chi connectivity index (χ4v) is 3.50. The second-order valence-electron chi connectivity index (χ2n) is 7.45. The lowest BCUT2D eigenvalue weighted by Crippen LogP contribution is -2.40. The van der Waals surface area contributed by atoms with E-state index in [2.05, 4.69) is 22.1 Å². The number of rotatable bonds is 8. The van der Waals surface area contributed by atoms with Crippen LogP contribution in [0.15, 0.2) is 48.9 Å². The number of aliphatic hydroxyl groups is 1. The van der Waals surface area contributed by atoms with Crippen LogP contribution in [0.1, 0.15) is 42.6 Å². The lowest BCUT2D eigenvalue weighted by Gasteiger charge is -2.34. The third-order valence-electron chi connectivity index (χ3n) is 5.65. The molecule has 0 aliphatic carbocycles. The summed E-state index contributed by atoms with van der Waals surface area (Å²) in [5, 5.41) is 9.78. The Labute approximate surface area is 165 Å².